The summed E-state index contributed by atoms with van der Waals surface area (Å²) < 4.78 is 9.38. The van der Waals surface area contributed by atoms with Crippen LogP contribution in [0.4, 0.5) is 9.59 Å². The number of rotatable bonds is 0. The normalized spacial score (nSPS) is 21.8. The molecule has 0 N–H and O–H groups in total. The highest BCUT2D eigenvalue weighted by Gasteiger charge is 2.38. The highest BCUT2D eigenvalue weighted by Crippen LogP contribution is 2.18. The number of carbonyl (C=O) groups excluding carboxylic acids is 3. The third-order valence-corrected chi connectivity index (χ3v) is 1.89. The Morgan fingerprint density at radius 2 is 2.00 bits per heavy atom. The number of cyclic esters (lactones) is 2. The molecule has 16 heavy (non-hydrogen) atoms. The van der Waals surface area contributed by atoms with Gasteiger partial charge in [0.15, 0.2) is 0 Å². The van der Waals surface area contributed by atoms with Crippen LogP contribution < -0.4 is 0 Å². The molecule has 1 rings (SSSR count). The first-order valence-corrected chi connectivity index (χ1v) is 4.97. The Morgan fingerprint density at radius 3 is 2.44 bits per heavy atom. The summed E-state index contributed by atoms with van der Waals surface area (Å²) in [5.41, 5.74) is -0.696. The number of ether oxygens (including phenoxy) is 2. The molecule has 1 saturated heterocycles. The maximum Gasteiger partial charge on any atom is 0.427 e. The first kappa shape index (κ1) is 12.5. The molecule has 0 aromatic rings. The Hall–Kier alpha value is -1.59. The Balaban J connectivity index is 2.75. The lowest BCUT2D eigenvalue weighted by atomic mass is 10.2. The molecule has 1 fully saturated rings. The molecule has 0 aromatic heterocycles. The number of carbonyl (C=O) groups is 3. The van der Waals surface area contributed by atoms with Crippen molar-refractivity contribution in [3.63, 3.8) is 0 Å². The Bertz CT molecular complexity index is 331. The molecule has 2 amide bonds. The van der Waals surface area contributed by atoms with Gasteiger partial charge in [0.2, 0.25) is 0 Å². The van der Waals surface area contributed by atoms with Crippen LogP contribution in [0.1, 0.15) is 34.1 Å². The number of esters is 1. The minimum absolute atomic E-state index is 0.00895. The van der Waals surface area contributed by atoms with Gasteiger partial charge in [-0.3, -0.25) is 4.79 Å². The monoisotopic (exact) mass is 229 g/mol. The van der Waals surface area contributed by atoms with Crippen LogP contribution in [0.25, 0.3) is 0 Å². The molecule has 0 saturated carbocycles. The number of nitrogens with zero attached hydrogens (tertiary/aromatic N) is 1. The smallest absolute Gasteiger partial charge is 0.427 e. The van der Waals surface area contributed by atoms with Crippen molar-refractivity contribution in [2.45, 2.75) is 45.8 Å². The fourth-order valence-electron chi connectivity index (χ4n) is 1.27. The van der Waals surface area contributed by atoms with Gasteiger partial charge in [0, 0.05) is 0 Å². The van der Waals surface area contributed by atoms with E-state index in [4.69, 9.17) is 4.74 Å². The van der Waals surface area contributed by atoms with Crippen molar-refractivity contribution in [1.82, 2.24) is 4.90 Å². The van der Waals surface area contributed by atoms with Gasteiger partial charge in [0.25, 0.3) is 0 Å². The standard InChI is InChI=1S/C10H15NO5/c1-6-5-7(12)15-8(13)11(6)9(14)16-10(2,3)4/h6H,5H2,1-4H3/t6-/m0/s1. The van der Waals surface area contributed by atoms with Crippen molar-refractivity contribution in [3.05, 3.63) is 0 Å². The molecular formula is C10H15NO5. The van der Waals surface area contributed by atoms with E-state index in [1.807, 2.05) is 0 Å². The maximum atomic E-state index is 11.6. The molecule has 0 unspecified atom stereocenters. The second kappa shape index (κ2) is 4.11. The number of amides is 2. The topological polar surface area (TPSA) is 72.9 Å². The van der Waals surface area contributed by atoms with Crippen LogP contribution in [0.3, 0.4) is 0 Å². The SMILES string of the molecule is C[C@H]1CC(=O)OC(=O)N1C(=O)OC(C)(C)C. The molecule has 1 aliphatic heterocycles. The van der Waals surface area contributed by atoms with Crippen molar-refractivity contribution >= 4 is 18.2 Å². The number of hydrogen-bond acceptors (Lipinski definition) is 5. The van der Waals surface area contributed by atoms with Gasteiger partial charge in [-0.25, -0.2) is 14.5 Å². The summed E-state index contributed by atoms with van der Waals surface area (Å²) in [6.07, 6.45) is -1.78. The summed E-state index contributed by atoms with van der Waals surface area (Å²) in [7, 11) is 0. The molecule has 0 bridgehead atoms. The van der Waals surface area contributed by atoms with Crippen LogP contribution >= 0.6 is 0 Å². The lowest BCUT2D eigenvalue weighted by Gasteiger charge is -2.31. The van der Waals surface area contributed by atoms with E-state index in [-0.39, 0.29) is 6.42 Å². The second-order valence-corrected chi connectivity index (χ2v) is 4.64. The van der Waals surface area contributed by atoms with Crippen LogP contribution in [0.5, 0.6) is 0 Å². The van der Waals surface area contributed by atoms with Gasteiger partial charge in [-0.15, -0.1) is 0 Å². The van der Waals surface area contributed by atoms with Crippen LogP contribution in [-0.4, -0.2) is 34.7 Å². The van der Waals surface area contributed by atoms with E-state index >= 15 is 0 Å². The zero-order chi connectivity index (χ0) is 12.5. The molecular weight excluding hydrogens is 214 g/mol. The van der Waals surface area contributed by atoms with E-state index < -0.39 is 29.8 Å². The highest BCUT2D eigenvalue weighted by molar-refractivity contribution is 5.96. The van der Waals surface area contributed by atoms with Gasteiger partial charge in [-0.2, -0.15) is 0 Å². The van der Waals surface area contributed by atoms with Crippen LogP contribution in [0.2, 0.25) is 0 Å². The van der Waals surface area contributed by atoms with E-state index in [1.165, 1.54) is 0 Å². The zero-order valence-electron chi connectivity index (χ0n) is 9.77. The summed E-state index contributed by atoms with van der Waals surface area (Å²) in [6.45, 7) is 6.66. The van der Waals surface area contributed by atoms with E-state index in [0.717, 1.165) is 4.90 Å². The second-order valence-electron chi connectivity index (χ2n) is 4.64. The summed E-state index contributed by atoms with van der Waals surface area (Å²) >= 11 is 0. The quantitative estimate of drug-likeness (QED) is 0.466. The molecule has 6 heteroatoms. The van der Waals surface area contributed by atoms with E-state index in [2.05, 4.69) is 4.74 Å². The predicted octanol–water partition coefficient (Wildman–Crippen LogP) is 1.68. The van der Waals surface area contributed by atoms with Gasteiger partial charge < -0.3 is 9.47 Å². The fourth-order valence-corrected chi connectivity index (χ4v) is 1.27. The van der Waals surface area contributed by atoms with Crippen molar-refractivity contribution in [2.75, 3.05) is 0 Å². The van der Waals surface area contributed by atoms with Gasteiger partial charge >= 0.3 is 18.2 Å². The first-order chi connectivity index (χ1) is 7.20. The van der Waals surface area contributed by atoms with Gasteiger partial charge in [0.1, 0.15) is 5.60 Å². The van der Waals surface area contributed by atoms with E-state index in [0.29, 0.717) is 0 Å². The lowest BCUT2D eigenvalue weighted by Crippen LogP contribution is -2.50. The maximum absolute atomic E-state index is 11.6. The van der Waals surface area contributed by atoms with Gasteiger partial charge in [-0.05, 0) is 27.7 Å². The predicted molar refractivity (Wildman–Crippen MR) is 53.6 cm³/mol. The van der Waals surface area contributed by atoms with Crippen molar-refractivity contribution in [3.8, 4) is 0 Å². The summed E-state index contributed by atoms with van der Waals surface area (Å²) in [5.74, 6) is -0.627. The highest BCUT2D eigenvalue weighted by atomic mass is 16.6. The molecule has 0 aromatic carbocycles. The average Bonchev–Trinajstić information content (AvgIpc) is 1.96. The largest absolute Gasteiger partial charge is 0.443 e. The van der Waals surface area contributed by atoms with Crippen molar-refractivity contribution in [1.29, 1.82) is 0 Å². The van der Waals surface area contributed by atoms with E-state index in [9.17, 15) is 14.4 Å². The van der Waals surface area contributed by atoms with E-state index in [1.54, 1.807) is 27.7 Å². The molecule has 0 spiro atoms. The minimum Gasteiger partial charge on any atom is -0.443 e. The number of imide groups is 1. The van der Waals surface area contributed by atoms with Crippen LogP contribution in [0, 0.1) is 0 Å². The van der Waals surface area contributed by atoms with Crippen LogP contribution in [0.15, 0.2) is 0 Å². The summed E-state index contributed by atoms with van der Waals surface area (Å²) in [6, 6.07) is -0.538. The van der Waals surface area contributed by atoms with Crippen LogP contribution in [-0.2, 0) is 14.3 Å². The summed E-state index contributed by atoms with van der Waals surface area (Å²) in [4.78, 5) is 34.7. The van der Waals surface area contributed by atoms with Crippen molar-refractivity contribution < 1.29 is 23.9 Å². The number of hydrogen-bond donors (Lipinski definition) is 0. The Labute approximate surface area is 93.5 Å². The third kappa shape index (κ3) is 2.95. The van der Waals surface area contributed by atoms with Crippen molar-refractivity contribution in [2.24, 2.45) is 0 Å². The Morgan fingerprint density at radius 1 is 1.44 bits per heavy atom. The third-order valence-electron chi connectivity index (χ3n) is 1.89. The lowest BCUT2D eigenvalue weighted by molar-refractivity contribution is -0.142. The molecule has 0 aliphatic carbocycles. The summed E-state index contributed by atoms with van der Waals surface area (Å²) in [5, 5.41) is 0. The molecule has 1 atom stereocenters. The molecule has 1 heterocycles. The molecule has 1 aliphatic rings. The molecule has 0 radical (unpaired) electrons. The van der Waals surface area contributed by atoms with Gasteiger partial charge in [-0.1, -0.05) is 0 Å². The molecule has 6 nitrogen and oxygen atoms in total. The average molecular weight is 229 g/mol. The fraction of sp³-hybridized carbons (Fsp3) is 0.700. The first-order valence-electron chi connectivity index (χ1n) is 4.97. The zero-order valence-corrected chi connectivity index (χ0v) is 9.77. The minimum atomic E-state index is -0.974. The van der Waals surface area contributed by atoms with Gasteiger partial charge in [0.05, 0.1) is 12.5 Å². The molecule has 90 valence electrons. The Kier molecular flexibility index (Phi) is 3.21.